The van der Waals surface area contributed by atoms with Crippen LogP contribution in [0.5, 0.6) is 17.2 Å². The van der Waals surface area contributed by atoms with Gasteiger partial charge >= 0.3 is 0 Å². The standard InChI is InChI=1S/C23H22ClNO4/c1-15-6-4-5-7-20(15)29-14-17-12-16(8-10-21(17)27-2)23(26)25-18-9-11-22(28-3)19(24)13-18/h4-13H,14H2,1-3H3,(H,25,26). The van der Waals surface area contributed by atoms with Crippen molar-refractivity contribution < 1.29 is 19.0 Å². The number of rotatable bonds is 7. The van der Waals surface area contributed by atoms with E-state index < -0.39 is 0 Å². The van der Waals surface area contributed by atoms with E-state index in [4.69, 9.17) is 25.8 Å². The fourth-order valence-electron chi connectivity index (χ4n) is 2.85. The minimum atomic E-state index is -0.258. The van der Waals surface area contributed by atoms with E-state index in [9.17, 15) is 4.79 Å². The summed E-state index contributed by atoms with van der Waals surface area (Å²) in [5.74, 6) is 1.73. The quantitative estimate of drug-likeness (QED) is 0.558. The molecule has 0 fully saturated rings. The lowest BCUT2D eigenvalue weighted by Gasteiger charge is -2.14. The Hall–Kier alpha value is -3.18. The Balaban J connectivity index is 1.77. The summed E-state index contributed by atoms with van der Waals surface area (Å²) in [6.45, 7) is 2.26. The first-order chi connectivity index (χ1) is 14.0. The average Bonchev–Trinajstić information content (AvgIpc) is 2.73. The van der Waals surface area contributed by atoms with Crippen LogP contribution in [0.25, 0.3) is 0 Å². The Labute approximate surface area is 175 Å². The largest absolute Gasteiger partial charge is 0.496 e. The second-order valence-electron chi connectivity index (χ2n) is 6.38. The number of methoxy groups -OCH3 is 2. The number of halogens is 1. The van der Waals surface area contributed by atoms with E-state index in [1.54, 1.807) is 43.5 Å². The summed E-state index contributed by atoms with van der Waals surface area (Å²) in [7, 11) is 3.13. The first-order valence-electron chi connectivity index (χ1n) is 9.02. The topological polar surface area (TPSA) is 56.8 Å². The number of ether oxygens (including phenoxy) is 3. The summed E-state index contributed by atoms with van der Waals surface area (Å²) in [6.07, 6.45) is 0. The van der Waals surface area contributed by atoms with E-state index >= 15 is 0 Å². The molecule has 29 heavy (non-hydrogen) atoms. The highest BCUT2D eigenvalue weighted by Crippen LogP contribution is 2.28. The SMILES string of the molecule is COc1ccc(NC(=O)c2ccc(OC)c(COc3ccccc3C)c2)cc1Cl. The molecule has 0 aliphatic carbocycles. The molecule has 0 saturated heterocycles. The van der Waals surface area contributed by atoms with Crippen molar-refractivity contribution >= 4 is 23.2 Å². The van der Waals surface area contributed by atoms with Gasteiger partial charge in [-0.2, -0.15) is 0 Å². The van der Waals surface area contributed by atoms with Crippen molar-refractivity contribution in [3.8, 4) is 17.2 Å². The van der Waals surface area contributed by atoms with Gasteiger partial charge in [0.25, 0.3) is 5.91 Å². The van der Waals surface area contributed by atoms with Crippen LogP contribution >= 0.6 is 11.6 Å². The molecule has 6 heteroatoms. The minimum Gasteiger partial charge on any atom is -0.496 e. The number of nitrogens with one attached hydrogen (secondary N) is 1. The number of anilines is 1. The van der Waals surface area contributed by atoms with Crippen LogP contribution in [0.3, 0.4) is 0 Å². The number of carbonyl (C=O) groups excluding carboxylic acids is 1. The smallest absolute Gasteiger partial charge is 0.255 e. The highest BCUT2D eigenvalue weighted by atomic mass is 35.5. The lowest BCUT2D eigenvalue weighted by Crippen LogP contribution is -2.13. The van der Waals surface area contributed by atoms with Crippen molar-refractivity contribution in [1.82, 2.24) is 0 Å². The molecule has 0 saturated carbocycles. The molecule has 0 atom stereocenters. The van der Waals surface area contributed by atoms with Gasteiger partial charge in [0.15, 0.2) is 0 Å². The fraction of sp³-hybridized carbons (Fsp3) is 0.174. The Morgan fingerprint density at radius 3 is 2.34 bits per heavy atom. The normalized spacial score (nSPS) is 10.3. The molecule has 3 rings (SSSR count). The van der Waals surface area contributed by atoms with Gasteiger partial charge in [-0.3, -0.25) is 4.79 Å². The second kappa shape index (κ2) is 9.34. The summed E-state index contributed by atoms with van der Waals surface area (Å²) in [5, 5.41) is 3.26. The molecular weight excluding hydrogens is 390 g/mol. The molecule has 0 aromatic heterocycles. The first kappa shape index (κ1) is 20.6. The third-order valence-electron chi connectivity index (χ3n) is 4.43. The summed E-state index contributed by atoms with van der Waals surface area (Å²) in [6, 6.07) is 18.1. The van der Waals surface area contributed by atoms with E-state index in [0.717, 1.165) is 16.9 Å². The number of hydrogen-bond acceptors (Lipinski definition) is 4. The zero-order valence-corrected chi connectivity index (χ0v) is 17.2. The van der Waals surface area contributed by atoms with Crippen LogP contribution in [0.15, 0.2) is 60.7 Å². The van der Waals surface area contributed by atoms with Crippen LogP contribution in [0.4, 0.5) is 5.69 Å². The number of aryl methyl sites for hydroxylation is 1. The molecule has 5 nitrogen and oxygen atoms in total. The van der Waals surface area contributed by atoms with Crippen molar-refractivity contribution in [2.75, 3.05) is 19.5 Å². The first-order valence-corrected chi connectivity index (χ1v) is 9.40. The molecule has 3 aromatic rings. The highest BCUT2D eigenvalue weighted by molar-refractivity contribution is 6.32. The Morgan fingerprint density at radius 2 is 1.66 bits per heavy atom. The van der Waals surface area contributed by atoms with E-state index in [1.807, 2.05) is 31.2 Å². The molecule has 0 bridgehead atoms. The Bertz CT molecular complexity index is 1020. The zero-order chi connectivity index (χ0) is 20.8. The number of hydrogen-bond donors (Lipinski definition) is 1. The van der Waals surface area contributed by atoms with Crippen LogP contribution in [0, 0.1) is 6.92 Å². The van der Waals surface area contributed by atoms with Gasteiger partial charge in [0.1, 0.15) is 23.9 Å². The van der Waals surface area contributed by atoms with Gasteiger partial charge in [0.05, 0.1) is 19.2 Å². The predicted molar refractivity (Wildman–Crippen MR) is 114 cm³/mol. The van der Waals surface area contributed by atoms with Gasteiger partial charge in [-0.05, 0) is 55.0 Å². The van der Waals surface area contributed by atoms with E-state index in [-0.39, 0.29) is 12.5 Å². The van der Waals surface area contributed by atoms with Crippen LogP contribution in [0.2, 0.25) is 5.02 Å². The molecule has 0 aliphatic heterocycles. The van der Waals surface area contributed by atoms with Gasteiger partial charge in [-0.1, -0.05) is 29.8 Å². The molecule has 0 aliphatic rings. The molecule has 0 heterocycles. The third-order valence-corrected chi connectivity index (χ3v) is 4.72. The molecule has 1 amide bonds. The van der Waals surface area contributed by atoms with Crippen molar-refractivity contribution in [2.24, 2.45) is 0 Å². The number of benzene rings is 3. The Morgan fingerprint density at radius 1 is 0.931 bits per heavy atom. The molecule has 1 N–H and O–H groups in total. The Kier molecular flexibility index (Phi) is 6.62. The predicted octanol–water partition coefficient (Wildman–Crippen LogP) is 5.50. The van der Waals surface area contributed by atoms with Crippen molar-refractivity contribution in [3.63, 3.8) is 0 Å². The van der Waals surface area contributed by atoms with Crippen molar-refractivity contribution in [1.29, 1.82) is 0 Å². The monoisotopic (exact) mass is 411 g/mol. The summed E-state index contributed by atoms with van der Waals surface area (Å²) < 4.78 is 16.5. The minimum absolute atomic E-state index is 0.258. The molecule has 0 spiro atoms. The molecule has 3 aromatic carbocycles. The number of carbonyl (C=O) groups is 1. The summed E-state index contributed by atoms with van der Waals surface area (Å²) in [5.41, 5.74) is 2.88. The second-order valence-corrected chi connectivity index (χ2v) is 6.79. The van der Waals surface area contributed by atoms with E-state index in [2.05, 4.69) is 5.32 Å². The van der Waals surface area contributed by atoms with E-state index in [1.165, 1.54) is 7.11 Å². The fourth-order valence-corrected chi connectivity index (χ4v) is 3.11. The van der Waals surface area contributed by atoms with Crippen LogP contribution < -0.4 is 19.5 Å². The maximum absolute atomic E-state index is 12.7. The van der Waals surface area contributed by atoms with Crippen molar-refractivity contribution in [2.45, 2.75) is 13.5 Å². The van der Waals surface area contributed by atoms with Gasteiger partial charge in [0.2, 0.25) is 0 Å². The number of amides is 1. The molecule has 0 radical (unpaired) electrons. The maximum atomic E-state index is 12.7. The van der Waals surface area contributed by atoms with Crippen LogP contribution in [0.1, 0.15) is 21.5 Å². The lowest BCUT2D eigenvalue weighted by atomic mass is 10.1. The van der Waals surface area contributed by atoms with Crippen molar-refractivity contribution in [3.05, 3.63) is 82.4 Å². The molecular formula is C23H22ClNO4. The molecule has 150 valence electrons. The zero-order valence-electron chi connectivity index (χ0n) is 16.5. The summed E-state index contributed by atoms with van der Waals surface area (Å²) >= 11 is 6.13. The lowest BCUT2D eigenvalue weighted by molar-refractivity contribution is 0.102. The summed E-state index contributed by atoms with van der Waals surface area (Å²) in [4.78, 5) is 12.7. The van der Waals surface area contributed by atoms with Gasteiger partial charge < -0.3 is 19.5 Å². The van der Waals surface area contributed by atoms with E-state index in [0.29, 0.717) is 27.8 Å². The maximum Gasteiger partial charge on any atom is 0.255 e. The van der Waals surface area contributed by atoms with Crippen LogP contribution in [-0.4, -0.2) is 20.1 Å². The average molecular weight is 412 g/mol. The highest BCUT2D eigenvalue weighted by Gasteiger charge is 2.13. The van der Waals surface area contributed by atoms with Gasteiger partial charge in [-0.15, -0.1) is 0 Å². The molecule has 0 unspecified atom stereocenters. The number of para-hydroxylation sites is 1. The third kappa shape index (κ3) is 5.00. The van der Waals surface area contributed by atoms with Gasteiger partial charge in [0, 0.05) is 16.8 Å². The van der Waals surface area contributed by atoms with Crippen LogP contribution in [-0.2, 0) is 6.61 Å². The van der Waals surface area contributed by atoms with Gasteiger partial charge in [-0.25, -0.2) is 0 Å².